The molecular formula is C16H18N2O2. The van der Waals surface area contributed by atoms with E-state index in [1.165, 1.54) is 0 Å². The number of hydrogen-bond acceptors (Lipinski definition) is 4. The minimum absolute atomic E-state index is 0.186. The predicted molar refractivity (Wildman–Crippen MR) is 78.7 cm³/mol. The van der Waals surface area contributed by atoms with Crippen LogP contribution in [-0.4, -0.2) is 30.1 Å². The second-order valence-electron chi connectivity index (χ2n) is 5.02. The first-order valence-electron chi connectivity index (χ1n) is 7.05. The third kappa shape index (κ3) is 2.59. The second-order valence-corrected chi connectivity index (χ2v) is 5.02. The number of esters is 1. The zero-order chi connectivity index (χ0) is 13.9. The highest BCUT2D eigenvalue weighted by Crippen LogP contribution is 2.34. The molecule has 0 saturated heterocycles. The summed E-state index contributed by atoms with van der Waals surface area (Å²) in [6, 6.07) is 10.5. The van der Waals surface area contributed by atoms with Crippen LogP contribution in [0.1, 0.15) is 19.8 Å². The Morgan fingerprint density at radius 3 is 2.90 bits per heavy atom. The Bertz CT molecular complexity index is 617. The molecular weight excluding hydrogens is 252 g/mol. The van der Waals surface area contributed by atoms with Crippen LogP contribution in [0.4, 0.5) is 5.82 Å². The summed E-state index contributed by atoms with van der Waals surface area (Å²) in [7, 11) is 0. The third-order valence-electron chi connectivity index (χ3n) is 3.52. The monoisotopic (exact) mass is 270 g/mol. The summed E-state index contributed by atoms with van der Waals surface area (Å²) in [6.07, 6.45) is 4.03. The van der Waals surface area contributed by atoms with Crippen LogP contribution in [0.2, 0.25) is 0 Å². The maximum absolute atomic E-state index is 11.8. The van der Waals surface area contributed by atoms with E-state index in [2.05, 4.69) is 22.0 Å². The van der Waals surface area contributed by atoms with Crippen LogP contribution >= 0.6 is 0 Å². The predicted octanol–water partition coefficient (Wildman–Crippen LogP) is 2.77. The number of fused-ring (bicyclic) bond motifs is 1. The van der Waals surface area contributed by atoms with E-state index in [-0.39, 0.29) is 12.5 Å². The summed E-state index contributed by atoms with van der Waals surface area (Å²) >= 11 is 0. The van der Waals surface area contributed by atoms with E-state index in [9.17, 15) is 4.79 Å². The van der Waals surface area contributed by atoms with Crippen LogP contribution < -0.4 is 4.90 Å². The lowest BCUT2D eigenvalue weighted by atomic mass is 10.1. The van der Waals surface area contributed by atoms with Crippen molar-refractivity contribution in [2.24, 2.45) is 0 Å². The summed E-state index contributed by atoms with van der Waals surface area (Å²) in [6.45, 7) is 2.52. The van der Waals surface area contributed by atoms with Gasteiger partial charge in [0.25, 0.3) is 0 Å². The Kier molecular flexibility index (Phi) is 3.54. The van der Waals surface area contributed by atoms with Crippen molar-refractivity contribution < 1.29 is 9.53 Å². The average molecular weight is 270 g/mol. The third-order valence-corrected chi connectivity index (χ3v) is 3.52. The second kappa shape index (κ2) is 5.49. The van der Waals surface area contributed by atoms with Crippen molar-refractivity contribution in [3.8, 4) is 0 Å². The molecule has 2 aromatic rings. The van der Waals surface area contributed by atoms with Crippen molar-refractivity contribution in [1.29, 1.82) is 0 Å². The number of hydrogen-bond donors (Lipinski definition) is 0. The van der Waals surface area contributed by atoms with Crippen molar-refractivity contribution in [2.75, 3.05) is 18.1 Å². The smallest absolute Gasteiger partial charge is 0.325 e. The number of anilines is 1. The molecule has 1 aliphatic carbocycles. The molecule has 1 aromatic carbocycles. The van der Waals surface area contributed by atoms with E-state index in [1.807, 2.05) is 25.1 Å². The molecule has 104 valence electrons. The van der Waals surface area contributed by atoms with E-state index in [1.54, 1.807) is 6.20 Å². The van der Waals surface area contributed by atoms with Gasteiger partial charge >= 0.3 is 5.97 Å². The fourth-order valence-corrected chi connectivity index (χ4v) is 2.44. The molecule has 1 fully saturated rings. The lowest BCUT2D eigenvalue weighted by Crippen LogP contribution is -2.33. The highest BCUT2D eigenvalue weighted by Gasteiger charge is 2.32. The van der Waals surface area contributed by atoms with Gasteiger partial charge in [0.2, 0.25) is 0 Å². The van der Waals surface area contributed by atoms with Crippen molar-refractivity contribution in [3.05, 3.63) is 36.5 Å². The first-order valence-corrected chi connectivity index (χ1v) is 7.05. The average Bonchev–Trinajstić information content (AvgIpc) is 3.29. The van der Waals surface area contributed by atoms with Gasteiger partial charge in [-0.25, -0.2) is 4.98 Å². The van der Waals surface area contributed by atoms with Crippen LogP contribution in [0.15, 0.2) is 36.5 Å². The van der Waals surface area contributed by atoms with Crippen molar-refractivity contribution in [1.82, 2.24) is 4.98 Å². The number of carbonyl (C=O) groups is 1. The molecule has 0 N–H and O–H groups in total. The van der Waals surface area contributed by atoms with Crippen molar-refractivity contribution >= 4 is 22.6 Å². The summed E-state index contributed by atoms with van der Waals surface area (Å²) in [4.78, 5) is 18.4. The number of pyridine rings is 1. The molecule has 0 unspecified atom stereocenters. The quantitative estimate of drug-likeness (QED) is 0.783. The molecule has 1 heterocycles. The van der Waals surface area contributed by atoms with Crippen molar-refractivity contribution in [2.45, 2.75) is 25.8 Å². The van der Waals surface area contributed by atoms with E-state index in [0.29, 0.717) is 12.6 Å². The van der Waals surface area contributed by atoms with Gasteiger partial charge in [-0.05, 0) is 31.2 Å². The topological polar surface area (TPSA) is 42.4 Å². The van der Waals surface area contributed by atoms with Crippen LogP contribution in [0.5, 0.6) is 0 Å². The molecule has 4 nitrogen and oxygen atoms in total. The molecule has 0 aliphatic heterocycles. The molecule has 20 heavy (non-hydrogen) atoms. The molecule has 0 bridgehead atoms. The Morgan fingerprint density at radius 1 is 1.35 bits per heavy atom. The van der Waals surface area contributed by atoms with Gasteiger partial charge in [-0.1, -0.05) is 24.3 Å². The summed E-state index contributed by atoms with van der Waals surface area (Å²) in [5, 5.41) is 2.23. The largest absolute Gasteiger partial charge is 0.465 e. The van der Waals surface area contributed by atoms with Gasteiger partial charge in [-0.3, -0.25) is 4.79 Å². The van der Waals surface area contributed by atoms with E-state index >= 15 is 0 Å². The van der Waals surface area contributed by atoms with Gasteiger partial charge in [-0.2, -0.15) is 0 Å². The Morgan fingerprint density at radius 2 is 2.15 bits per heavy atom. The number of carbonyl (C=O) groups excluding carboxylic acids is 1. The number of rotatable bonds is 5. The number of nitrogens with zero attached hydrogens (tertiary/aromatic N) is 2. The zero-order valence-electron chi connectivity index (χ0n) is 11.6. The lowest BCUT2D eigenvalue weighted by molar-refractivity contribution is -0.141. The minimum atomic E-state index is -0.186. The Labute approximate surface area is 118 Å². The number of aromatic nitrogens is 1. The van der Waals surface area contributed by atoms with Crippen molar-refractivity contribution in [3.63, 3.8) is 0 Å². The maximum Gasteiger partial charge on any atom is 0.325 e. The lowest BCUT2D eigenvalue weighted by Gasteiger charge is -2.23. The van der Waals surface area contributed by atoms with Gasteiger partial charge in [0, 0.05) is 17.6 Å². The molecule has 1 aliphatic rings. The zero-order valence-corrected chi connectivity index (χ0v) is 11.6. The maximum atomic E-state index is 11.8. The molecule has 0 spiro atoms. The van der Waals surface area contributed by atoms with E-state index in [4.69, 9.17) is 4.74 Å². The Balaban J connectivity index is 1.95. The molecule has 1 aromatic heterocycles. The standard InChI is InChI=1S/C16H18N2O2/c1-2-20-15(19)11-18(13-7-8-13)16-14-6-4-3-5-12(14)9-10-17-16/h3-6,9-10,13H,2,7-8,11H2,1H3. The number of benzene rings is 1. The summed E-state index contributed by atoms with van der Waals surface area (Å²) < 4.78 is 5.08. The fourth-order valence-electron chi connectivity index (χ4n) is 2.44. The SMILES string of the molecule is CCOC(=O)CN(c1nccc2ccccc12)C1CC1. The van der Waals surface area contributed by atoms with Gasteiger partial charge in [-0.15, -0.1) is 0 Å². The van der Waals surface area contributed by atoms with Gasteiger partial charge in [0.1, 0.15) is 12.4 Å². The molecule has 0 radical (unpaired) electrons. The fraction of sp³-hybridized carbons (Fsp3) is 0.375. The number of ether oxygens (including phenoxy) is 1. The van der Waals surface area contributed by atoms with Crippen LogP contribution in [0.25, 0.3) is 10.8 Å². The first-order chi connectivity index (χ1) is 9.79. The molecule has 0 amide bonds. The molecule has 4 heteroatoms. The Hall–Kier alpha value is -2.10. The molecule has 1 saturated carbocycles. The van der Waals surface area contributed by atoms with Crippen LogP contribution in [0.3, 0.4) is 0 Å². The van der Waals surface area contributed by atoms with E-state index < -0.39 is 0 Å². The molecule has 3 rings (SSSR count). The van der Waals surface area contributed by atoms with Crippen LogP contribution in [-0.2, 0) is 9.53 Å². The van der Waals surface area contributed by atoms with Gasteiger partial charge in [0.05, 0.1) is 6.61 Å². The highest BCUT2D eigenvalue weighted by atomic mass is 16.5. The summed E-state index contributed by atoms with van der Waals surface area (Å²) in [5.41, 5.74) is 0. The first kappa shape index (κ1) is 12.9. The minimum Gasteiger partial charge on any atom is -0.465 e. The normalized spacial score (nSPS) is 14.2. The van der Waals surface area contributed by atoms with Gasteiger partial charge < -0.3 is 9.64 Å². The van der Waals surface area contributed by atoms with Gasteiger partial charge in [0.15, 0.2) is 0 Å². The highest BCUT2D eigenvalue weighted by molar-refractivity contribution is 5.93. The van der Waals surface area contributed by atoms with E-state index in [0.717, 1.165) is 29.4 Å². The summed E-state index contributed by atoms with van der Waals surface area (Å²) in [5.74, 6) is 0.702. The molecule has 0 atom stereocenters. The van der Waals surface area contributed by atoms with Crippen LogP contribution in [0, 0.1) is 0 Å².